The third-order valence-electron chi connectivity index (χ3n) is 4.96. The first-order chi connectivity index (χ1) is 15.5. The number of nitrogens with zero attached hydrogens (tertiary/aromatic N) is 3. The molecule has 0 amide bonds. The van der Waals surface area contributed by atoms with Crippen LogP contribution in [-0.4, -0.2) is 32.7 Å². The highest BCUT2D eigenvalue weighted by molar-refractivity contribution is 7.98. The molecule has 0 aliphatic heterocycles. The van der Waals surface area contributed by atoms with Crippen molar-refractivity contribution in [2.75, 3.05) is 6.61 Å². The average Bonchev–Trinajstić information content (AvgIpc) is 3.18. The second-order valence-corrected chi connectivity index (χ2v) is 8.38. The molecular weight excluding hydrogens is 422 g/mol. The van der Waals surface area contributed by atoms with Crippen LogP contribution in [0.5, 0.6) is 5.75 Å². The van der Waals surface area contributed by atoms with Crippen LogP contribution in [0, 0.1) is 13.8 Å². The molecule has 0 spiro atoms. The molecule has 1 heterocycles. The van der Waals surface area contributed by atoms with Gasteiger partial charge in [0.05, 0.1) is 17.1 Å². The van der Waals surface area contributed by atoms with Crippen LogP contribution in [0.4, 0.5) is 0 Å². The highest BCUT2D eigenvalue weighted by atomic mass is 32.2. The molecule has 1 aromatic heterocycles. The van der Waals surface area contributed by atoms with Crippen molar-refractivity contribution in [2.24, 2.45) is 0 Å². The van der Waals surface area contributed by atoms with Gasteiger partial charge >= 0.3 is 5.97 Å². The van der Waals surface area contributed by atoms with Gasteiger partial charge in [0, 0.05) is 10.6 Å². The minimum absolute atomic E-state index is 0.345. The lowest BCUT2D eigenvalue weighted by Gasteiger charge is -2.08. The smallest absolute Gasteiger partial charge is 0.341 e. The first-order valence-corrected chi connectivity index (χ1v) is 11.1. The van der Waals surface area contributed by atoms with Gasteiger partial charge in [0.25, 0.3) is 0 Å². The Morgan fingerprint density at radius 2 is 1.69 bits per heavy atom. The molecule has 0 saturated carbocycles. The first kappa shape index (κ1) is 21.6. The molecule has 4 rings (SSSR count). The molecule has 0 radical (unpaired) electrons. The molecule has 0 atom stereocenters. The van der Waals surface area contributed by atoms with Gasteiger partial charge in [0.2, 0.25) is 0 Å². The summed E-state index contributed by atoms with van der Waals surface area (Å²) >= 11 is 1.66. The molecule has 6 nitrogen and oxygen atoms in total. The molecule has 162 valence electrons. The minimum atomic E-state index is -0.990. The maximum Gasteiger partial charge on any atom is 0.341 e. The Kier molecular flexibility index (Phi) is 6.56. The number of carbonyl (C=O) groups is 1. The summed E-state index contributed by atoms with van der Waals surface area (Å²) in [6.07, 6.45) is 0. The Bertz CT molecular complexity index is 1220. The highest BCUT2D eigenvalue weighted by Gasteiger charge is 2.11. The van der Waals surface area contributed by atoms with Crippen molar-refractivity contribution in [3.05, 3.63) is 89.7 Å². The number of hydrogen-bond donors (Lipinski definition) is 1. The van der Waals surface area contributed by atoms with E-state index in [9.17, 15) is 4.79 Å². The molecule has 0 aliphatic rings. The van der Waals surface area contributed by atoms with Gasteiger partial charge < -0.3 is 9.84 Å². The molecule has 0 fully saturated rings. The molecule has 0 bridgehead atoms. The van der Waals surface area contributed by atoms with Crippen molar-refractivity contribution in [1.29, 1.82) is 0 Å². The highest BCUT2D eigenvalue weighted by Crippen LogP contribution is 2.28. The van der Waals surface area contributed by atoms with Gasteiger partial charge in [-0.15, -0.1) is 11.8 Å². The van der Waals surface area contributed by atoms with Crippen molar-refractivity contribution in [3.63, 3.8) is 0 Å². The van der Waals surface area contributed by atoms with Crippen molar-refractivity contribution in [1.82, 2.24) is 15.0 Å². The number of ether oxygens (including phenoxy) is 1. The summed E-state index contributed by atoms with van der Waals surface area (Å²) in [7, 11) is 0. The van der Waals surface area contributed by atoms with Crippen LogP contribution in [0.2, 0.25) is 0 Å². The number of hydrogen-bond acceptors (Lipinski definition) is 5. The van der Waals surface area contributed by atoms with Gasteiger partial charge in [-0.1, -0.05) is 42.5 Å². The Morgan fingerprint density at radius 3 is 2.38 bits per heavy atom. The quantitative estimate of drug-likeness (QED) is 0.371. The van der Waals surface area contributed by atoms with E-state index in [0.29, 0.717) is 11.5 Å². The number of carboxylic acid groups (broad SMARTS) is 1. The van der Waals surface area contributed by atoms with E-state index in [1.54, 1.807) is 22.6 Å². The topological polar surface area (TPSA) is 77.2 Å². The lowest BCUT2D eigenvalue weighted by atomic mass is 10.1. The summed E-state index contributed by atoms with van der Waals surface area (Å²) < 4.78 is 5.29. The zero-order chi connectivity index (χ0) is 22.5. The maximum atomic E-state index is 10.7. The maximum absolute atomic E-state index is 10.7. The molecule has 7 heteroatoms. The summed E-state index contributed by atoms with van der Waals surface area (Å²) in [5.74, 6) is 0.275. The predicted octanol–water partition coefficient (Wildman–Crippen LogP) is 5.31. The fraction of sp³-hybridized carbons (Fsp3) is 0.160. The minimum Gasteiger partial charge on any atom is -0.482 e. The van der Waals surface area contributed by atoms with Crippen molar-refractivity contribution >= 4 is 17.7 Å². The summed E-state index contributed by atoms with van der Waals surface area (Å²) in [5, 5.41) is 18.0. The van der Waals surface area contributed by atoms with Crippen LogP contribution in [-0.2, 0) is 10.5 Å². The Hall–Kier alpha value is -3.58. The summed E-state index contributed by atoms with van der Waals surface area (Å²) in [4.78, 5) is 13.4. The van der Waals surface area contributed by atoms with Crippen LogP contribution in [0.15, 0.2) is 77.7 Å². The molecule has 1 N–H and O–H groups in total. The molecule has 0 saturated heterocycles. The second kappa shape index (κ2) is 9.70. The first-order valence-electron chi connectivity index (χ1n) is 10.2. The Balaban J connectivity index is 1.43. The van der Waals surface area contributed by atoms with Crippen molar-refractivity contribution in [3.8, 4) is 22.6 Å². The normalized spacial score (nSPS) is 10.8. The predicted molar refractivity (Wildman–Crippen MR) is 125 cm³/mol. The molecular formula is C25H23N3O3S. The fourth-order valence-corrected chi connectivity index (χ4v) is 4.23. The number of carboxylic acids is 1. The van der Waals surface area contributed by atoms with E-state index in [1.165, 1.54) is 5.56 Å². The van der Waals surface area contributed by atoms with Crippen LogP contribution in [0.3, 0.4) is 0 Å². The Labute approximate surface area is 190 Å². The van der Waals surface area contributed by atoms with E-state index < -0.39 is 5.97 Å². The number of benzene rings is 3. The number of aliphatic carboxylic acids is 1. The fourth-order valence-electron chi connectivity index (χ4n) is 3.24. The average molecular weight is 446 g/mol. The van der Waals surface area contributed by atoms with Gasteiger partial charge in [-0.05, 0) is 60.9 Å². The summed E-state index contributed by atoms with van der Waals surface area (Å²) in [5.41, 5.74) is 5.96. The number of thioether (sulfide) groups is 1. The van der Waals surface area contributed by atoms with Crippen molar-refractivity contribution < 1.29 is 14.6 Å². The zero-order valence-corrected chi connectivity index (χ0v) is 18.7. The van der Waals surface area contributed by atoms with Gasteiger partial charge in [0.15, 0.2) is 6.61 Å². The molecule has 0 aliphatic carbocycles. The van der Waals surface area contributed by atoms with Gasteiger partial charge in [-0.25, -0.2) is 4.79 Å². The lowest BCUT2D eigenvalue weighted by molar-refractivity contribution is -0.139. The number of rotatable bonds is 8. The van der Waals surface area contributed by atoms with Crippen LogP contribution < -0.4 is 4.74 Å². The molecule has 0 unspecified atom stereocenters. The monoisotopic (exact) mass is 445 g/mol. The third-order valence-corrected chi connectivity index (χ3v) is 5.96. The van der Waals surface area contributed by atoms with E-state index in [-0.39, 0.29) is 6.61 Å². The van der Waals surface area contributed by atoms with Crippen LogP contribution >= 0.6 is 11.8 Å². The SMILES string of the molecule is Cc1cc(SCc2nn(-c3ccc(-c4ccccc4)cc3)nc2C)ccc1OCC(=O)O. The second-order valence-electron chi connectivity index (χ2n) is 7.33. The summed E-state index contributed by atoms with van der Waals surface area (Å²) in [6.45, 7) is 3.52. The summed E-state index contributed by atoms with van der Waals surface area (Å²) in [6, 6.07) is 24.2. The van der Waals surface area contributed by atoms with Gasteiger partial charge in [-0.2, -0.15) is 15.0 Å². The lowest BCUT2D eigenvalue weighted by Crippen LogP contribution is -2.09. The van der Waals surface area contributed by atoms with E-state index in [4.69, 9.17) is 9.84 Å². The van der Waals surface area contributed by atoms with Crippen LogP contribution in [0.1, 0.15) is 17.0 Å². The number of aryl methyl sites for hydroxylation is 2. The van der Waals surface area contributed by atoms with Gasteiger partial charge in [0.1, 0.15) is 5.75 Å². The third kappa shape index (κ3) is 5.18. The van der Waals surface area contributed by atoms with Crippen LogP contribution in [0.25, 0.3) is 16.8 Å². The molecule has 3 aromatic carbocycles. The molecule has 4 aromatic rings. The zero-order valence-electron chi connectivity index (χ0n) is 17.9. The van der Waals surface area contributed by atoms with E-state index in [0.717, 1.165) is 33.1 Å². The standard InChI is InChI=1S/C25H23N3O3S/c1-17-14-22(12-13-24(17)31-15-25(29)30)32-16-23-18(2)26-28(27-23)21-10-8-20(9-11-21)19-6-4-3-5-7-19/h3-14H,15-16H2,1-2H3,(H,29,30). The largest absolute Gasteiger partial charge is 0.482 e. The van der Waals surface area contributed by atoms with Gasteiger partial charge in [-0.3, -0.25) is 0 Å². The Morgan fingerprint density at radius 1 is 0.969 bits per heavy atom. The number of aromatic nitrogens is 3. The van der Waals surface area contributed by atoms with E-state index in [1.807, 2.05) is 56.3 Å². The van der Waals surface area contributed by atoms with Crippen molar-refractivity contribution in [2.45, 2.75) is 24.5 Å². The molecule has 32 heavy (non-hydrogen) atoms. The van der Waals surface area contributed by atoms with E-state index in [2.05, 4.69) is 34.5 Å². The van der Waals surface area contributed by atoms with E-state index >= 15 is 0 Å².